The Morgan fingerprint density at radius 2 is 1.42 bits per heavy atom. The number of amides is 1. The molecule has 1 aliphatic heterocycles. The van der Waals surface area contributed by atoms with Crippen molar-refractivity contribution in [1.29, 1.82) is 0 Å². The highest BCUT2D eigenvalue weighted by molar-refractivity contribution is 7.49. The van der Waals surface area contributed by atoms with Gasteiger partial charge in [0, 0.05) is 12.0 Å². The van der Waals surface area contributed by atoms with Crippen LogP contribution in [0.5, 0.6) is 17.2 Å². The summed E-state index contributed by atoms with van der Waals surface area (Å²) in [7, 11) is -1.58. The van der Waals surface area contributed by atoms with Gasteiger partial charge in [-0.1, -0.05) is 114 Å². The lowest BCUT2D eigenvalue weighted by Crippen LogP contribution is -2.38. The molecule has 10 rings (SSSR count). The minimum absolute atomic E-state index is 0.0275. The van der Waals surface area contributed by atoms with Crippen LogP contribution in [0, 0.1) is 0 Å². The Labute approximate surface area is 400 Å². The van der Waals surface area contributed by atoms with Crippen LogP contribution in [0.15, 0.2) is 170 Å². The van der Waals surface area contributed by atoms with Crippen LogP contribution >= 0.6 is 19.4 Å². The Hall–Kier alpha value is -7.66. The molecular formula is C50H42ClN8O9P. The summed E-state index contributed by atoms with van der Waals surface area (Å²) in [6.45, 7) is -0.160. The maximum absolute atomic E-state index is 15.4. The van der Waals surface area contributed by atoms with Crippen LogP contribution in [0.1, 0.15) is 39.7 Å². The van der Waals surface area contributed by atoms with Crippen molar-refractivity contribution in [3.63, 3.8) is 0 Å². The van der Waals surface area contributed by atoms with Gasteiger partial charge < -0.3 is 28.8 Å². The van der Waals surface area contributed by atoms with Gasteiger partial charge in [-0.15, -0.1) is 5.10 Å². The number of carbonyl (C=O) groups excluding carboxylic acids is 1. The van der Waals surface area contributed by atoms with Gasteiger partial charge in [0.2, 0.25) is 0 Å². The lowest BCUT2D eigenvalue weighted by Gasteiger charge is -2.37. The standard InChI is InChI=1S/C50H42ClN8O9P/c1-62-37-25-21-35(22-26-37)50(34-15-7-4-8-16-34,36-23-27-38(63-2)28-24-36)64-30-44-43(67-69(61,66-42-20-12-9-17-39(42)51)68-59-41-19-11-10-18-40(41)56-57-59)29-45(65-44)58-32-54-46-47(52-31-53-48(46)58)55-49(60)33-13-5-3-6-14-33/h3-28,31-32,43-45H,29-30H2,1-2H3,(H,52,53,55,60)/t43-,44+,45+,69?/m0/s1. The monoisotopic (exact) mass is 964 g/mol. The van der Waals surface area contributed by atoms with Crippen LogP contribution in [0.25, 0.3) is 22.2 Å². The van der Waals surface area contributed by atoms with E-state index in [4.69, 9.17) is 44.2 Å². The number of ether oxygens (including phenoxy) is 4. The van der Waals surface area contributed by atoms with E-state index in [2.05, 4.69) is 30.6 Å². The van der Waals surface area contributed by atoms with E-state index in [9.17, 15) is 4.79 Å². The summed E-state index contributed by atoms with van der Waals surface area (Å²) in [5.41, 5.74) is 3.01. The van der Waals surface area contributed by atoms with Crippen molar-refractivity contribution in [3.05, 3.63) is 198 Å². The first kappa shape index (κ1) is 45.1. The number of phosphoric acid groups is 1. The van der Waals surface area contributed by atoms with Crippen LogP contribution in [-0.2, 0) is 24.2 Å². The molecule has 0 spiro atoms. The van der Waals surface area contributed by atoms with Crippen molar-refractivity contribution in [2.75, 3.05) is 26.1 Å². The average Bonchev–Trinajstić information content (AvgIpc) is 4.13. The number of hydrogen-bond acceptors (Lipinski definition) is 14. The van der Waals surface area contributed by atoms with Gasteiger partial charge in [0.05, 0.1) is 32.2 Å². The molecule has 1 saturated heterocycles. The summed E-state index contributed by atoms with van der Waals surface area (Å²) in [5, 5.41) is 11.3. The second kappa shape index (κ2) is 19.5. The fraction of sp³-hybridized carbons (Fsp3) is 0.160. The first-order valence-electron chi connectivity index (χ1n) is 21.6. The minimum atomic E-state index is -4.79. The molecule has 6 aromatic carbocycles. The Balaban J connectivity index is 1.06. The molecule has 4 heterocycles. The minimum Gasteiger partial charge on any atom is -0.497 e. The summed E-state index contributed by atoms with van der Waals surface area (Å²) < 4.78 is 61.3. The maximum Gasteiger partial charge on any atom is 0.608 e. The molecule has 9 aromatic rings. The molecule has 0 bridgehead atoms. The Kier molecular flexibility index (Phi) is 12.8. The SMILES string of the molecule is COc1ccc(C(OC[C@H]2O[C@@H](n3cnc4c(NC(=O)c5ccccc5)ncnc43)C[C@@H]2OP(=O)(Oc2ccccc2Cl)On2nnc3ccccc32)(c2ccccc2)c2ccc(OC)cc2)cc1. The summed E-state index contributed by atoms with van der Waals surface area (Å²) in [5.74, 6) is 1.15. The van der Waals surface area contributed by atoms with Crippen molar-refractivity contribution in [3.8, 4) is 17.2 Å². The zero-order valence-corrected chi connectivity index (χ0v) is 38.6. The van der Waals surface area contributed by atoms with E-state index in [0.717, 1.165) is 21.5 Å². The molecule has 4 atom stereocenters. The third-order valence-electron chi connectivity index (χ3n) is 11.6. The number of methoxy groups -OCH3 is 2. The number of anilines is 1. The number of imidazole rings is 1. The van der Waals surface area contributed by atoms with Crippen molar-refractivity contribution in [2.45, 2.75) is 30.5 Å². The summed E-state index contributed by atoms with van der Waals surface area (Å²) in [6.07, 6.45) is -0.0560. The molecule has 1 amide bonds. The van der Waals surface area contributed by atoms with Crippen LogP contribution in [0.3, 0.4) is 0 Å². The van der Waals surface area contributed by atoms with E-state index in [-0.39, 0.29) is 35.5 Å². The number of nitrogens with one attached hydrogen (secondary N) is 1. The van der Waals surface area contributed by atoms with E-state index >= 15 is 4.57 Å². The third kappa shape index (κ3) is 9.21. The number of benzene rings is 6. The maximum atomic E-state index is 15.4. The normalized spacial score (nSPS) is 16.8. The Morgan fingerprint density at radius 1 is 0.783 bits per heavy atom. The highest BCUT2D eigenvalue weighted by Gasteiger charge is 2.48. The van der Waals surface area contributed by atoms with Crippen LogP contribution in [-0.4, -0.2) is 73.6 Å². The average molecular weight is 965 g/mol. The van der Waals surface area contributed by atoms with Crippen molar-refractivity contribution in [1.82, 2.24) is 34.7 Å². The van der Waals surface area contributed by atoms with Crippen molar-refractivity contribution in [2.24, 2.45) is 0 Å². The number of phosphoric ester groups is 1. The lowest BCUT2D eigenvalue weighted by atomic mass is 9.80. The molecule has 69 heavy (non-hydrogen) atoms. The van der Waals surface area contributed by atoms with Crippen LogP contribution in [0.4, 0.5) is 5.82 Å². The highest BCUT2D eigenvalue weighted by Crippen LogP contribution is 2.53. The number of rotatable bonds is 17. The van der Waals surface area contributed by atoms with Gasteiger partial charge in [-0.3, -0.25) is 18.5 Å². The summed E-state index contributed by atoms with van der Waals surface area (Å²) in [4.78, 5) is 27.8. The van der Waals surface area contributed by atoms with Crippen molar-refractivity contribution < 1.29 is 42.0 Å². The van der Waals surface area contributed by atoms with Crippen molar-refractivity contribution >= 4 is 53.3 Å². The lowest BCUT2D eigenvalue weighted by molar-refractivity contribution is -0.0926. The second-order valence-corrected chi connectivity index (χ2v) is 17.6. The van der Waals surface area contributed by atoms with E-state index in [1.807, 2.05) is 84.9 Å². The summed E-state index contributed by atoms with van der Waals surface area (Å²) >= 11 is 6.59. The Bertz CT molecular complexity index is 3220. The number of carbonyl (C=O) groups is 1. The van der Waals surface area contributed by atoms with E-state index in [1.165, 1.54) is 12.7 Å². The molecular weight excluding hydrogens is 923 g/mol. The first-order chi connectivity index (χ1) is 33.7. The third-order valence-corrected chi connectivity index (χ3v) is 13.2. The molecule has 0 saturated carbocycles. The van der Waals surface area contributed by atoms with Gasteiger partial charge in [-0.05, 0) is 82.6 Å². The number of fused-ring (bicyclic) bond motifs is 2. The number of aromatic nitrogens is 7. The van der Waals surface area contributed by atoms with Gasteiger partial charge in [-0.2, -0.15) is 0 Å². The van der Waals surface area contributed by atoms with Crippen LogP contribution < -0.4 is 23.9 Å². The van der Waals surface area contributed by atoms with Gasteiger partial charge in [-0.25, -0.2) is 19.5 Å². The first-order valence-corrected chi connectivity index (χ1v) is 23.5. The number of halogens is 1. The van der Waals surface area contributed by atoms with Gasteiger partial charge in [0.15, 0.2) is 22.7 Å². The smallest absolute Gasteiger partial charge is 0.497 e. The Morgan fingerprint density at radius 3 is 2.12 bits per heavy atom. The molecule has 3 aromatic heterocycles. The topological polar surface area (TPSA) is 185 Å². The zero-order valence-electron chi connectivity index (χ0n) is 36.9. The van der Waals surface area contributed by atoms with Gasteiger partial charge in [0.25, 0.3) is 5.91 Å². The zero-order chi connectivity index (χ0) is 47.4. The number of para-hydroxylation sites is 2. The van der Waals surface area contributed by atoms with Gasteiger partial charge in [0.1, 0.15) is 52.9 Å². The molecule has 1 fully saturated rings. The molecule has 1 N–H and O–H groups in total. The molecule has 17 nitrogen and oxygen atoms in total. The molecule has 19 heteroatoms. The molecule has 1 unspecified atom stereocenters. The molecule has 1 aliphatic rings. The molecule has 0 radical (unpaired) electrons. The fourth-order valence-corrected chi connectivity index (χ4v) is 9.81. The quantitative estimate of drug-likeness (QED) is 0.0672. The largest absolute Gasteiger partial charge is 0.608 e. The molecule has 0 aliphatic carbocycles. The molecule has 348 valence electrons. The number of nitrogens with zero attached hydrogens (tertiary/aromatic N) is 7. The fourth-order valence-electron chi connectivity index (χ4n) is 8.20. The summed E-state index contributed by atoms with van der Waals surface area (Å²) in [6, 6.07) is 47.2. The second-order valence-electron chi connectivity index (χ2n) is 15.7. The van der Waals surface area contributed by atoms with E-state index in [1.54, 1.807) is 91.6 Å². The number of hydrogen-bond donors (Lipinski definition) is 1. The highest BCUT2D eigenvalue weighted by atomic mass is 35.5. The predicted molar refractivity (Wildman–Crippen MR) is 255 cm³/mol. The van der Waals surface area contributed by atoms with E-state index < -0.39 is 31.9 Å². The predicted octanol–water partition coefficient (Wildman–Crippen LogP) is 9.49. The van der Waals surface area contributed by atoms with Crippen LogP contribution in [0.2, 0.25) is 5.02 Å². The van der Waals surface area contributed by atoms with Gasteiger partial charge >= 0.3 is 7.82 Å². The van der Waals surface area contributed by atoms with E-state index in [0.29, 0.717) is 39.3 Å².